The van der Waals surface area contributed by atoms with Gasteiger partial charge in [-0.3, -0.25) is 18.8 Å². The van der Waals surface area contributed by atoms with E-state index in [1.807, 2.05) is 0 Å². The van der Waals surface area contributed by atoms with E-state index in [0.29, 0.717) is 49.4 Å². The van der Waals surface area contributed by atoms with Crippen molar-refractivity contribution >= 4 is 28.6 Å². The van der Waals surface area contributed by atoms with Gasteiger partial charge in [-0.05, 0) is 24.5 Å². The van der Waals surface area contributed by atoms with Crippen LogP contribution in [0.3, 0.4) is 0 Å². The van der Waals surface area contributed by atoms with E-state index in [4.69, 9.17) is 5.11 Å². The molecule has 10 heteroatoms. The SMILES string of the molecule is C=CC(=O)N1CC(CCn2c(=O)ccc3cnc(Nc4cnn(CCO)c4)nc32)C1. The summed E-state index contributed by atoms with van der Waals surface area (Å²) in [4.78, 5) is 34.7. The van der Waals surface area contributed by atoms with E-state index in [9.17, 15) is 9.59 Å². The van der Waals surface area contributed by atoms with Gasteiger partial charge in [0.1, 0.15) is 5.65 Å². The van der Waals surface area contributed by atoms with Crippen molar-refractivity contribution in [3.63, 3.8) is 0 Å². The van der Waals surface area contributed by atoms with Crippen molar-refractivity contribution < 1.29 is 9.90 Å². The number of hydrogen-bond acceptors (Lipinski definition) is 7. The number of fused-ring (bicyclic) bond motifs is 1. The fourth-order valence-corrected chi connectivity index (χ4v) is 3.50. The van der Waals surface area contributed by atoms with Gasteiger partial charge < -0.3 is 15.3 Å². The Balaban J connectivity index is 1.50. The lowest BCUT2D eigenvalue weighted by atomic mass is 9.96. The molecule has 4 rings (SSSR count). The molecule has 0 unspecified atom stereocenters. The first-order chi connectivity index (χ1) is 14.6. The molecule has 1 saturated heterocycles. The van der Waals surface area contributed by atoms with Crippen LogP contribution in [0.2, 0.25) is 0 Å². The first-order valence-electron chi connectivity index (χ1n) is 9.75. The third-order valence-electron chi connectivity index (χ3n) is 5.15. The third-order valence-corrected chi connectivity index (χ3v) is 5.15. The summed E-state index contributed by atoms with van der Waals surface area (Å²) in [5.74, 6) is 0.656. The first-order valence-corrected chi connectivity index (χ1v) is 9.75. The molecule has 1 amide bonds. The highest BCUT2D eigenvalue weighted by atomic mass is 16.3. The van der Waals surface area contributed by atoms with E-state index < -0.39 is 0 Å². The van der Waals surface area contributed by atoms with E-state index in [2.05, 4.69) is 27.0 Å². The van der Waals surface area contributed by atoms with E-state index in [1.54, 1.807) is 38.8 Å². The van der Waals surface area contributed by atoms with Crippen molar-refractivity contribution in [3.8, 4) is 0 Å². The number of hydrogen-bond donors (Lipinski definition) is 2. The highest BCUT2D eigenvalue weighted by Crippen LogP contribution is 2.21. The maximum absolute atomic E-state index is 12.5. The molecule has 156 valence electrons. The molecule has 1 fully saturated rings. The number of aliphatic hydroxyl groups excluding tert-OH is 1. The molecule has 3 aromatic heterocycles. The standard InChI is InChI=1S/C20H23N7O3/c1-2-17(29)25-11-14(12-25)5-6-27-18(30)4-3-15-9-21-20(24-19(15)27)23-16-10-22-26(13-16)7-8-28/h2-4,9-10,13-14,28H,1,5-8,11-12H2,(H,21,23,24). The van der Waals surface area contributed by atoms with Crippen molar-refractivity contribution in [1.82, 2.24) is 29.2 Å². The van der Waals surface area contributed by atoms with Crippen LogP contribution in [-0.4, -0.2) is 59.9 Å². The second-order valence-electron chi connectivity index (χ2n) is 7.24. The zero-order chi connectivity index (χ0) is 21.1. The Morgan fingerprint density at radius 2 is 2.13 bits per heavy atom. The number of carbonyl (C=O) groups excluding carboxylic acids is 1. The van der Waals surface area contributed by atoms with Crippen molar-refractivity contribution in [3.05, 3.63) is 53.7 Å². The van der Waals surface area contributed by atoms with E-state index in [-0.39, 0.29) is 18.1 Å². The average molecular weight is 409 g/mol. The van der Waals surface area contributed by atoms with Crippen molar-refractivity contribution in [2.24, 2.45) is 5.92 Å². The smallest absolute Gasteiger partial charge is 0.252 e. The highest BCUT2D eigenvalue weighted by molar-refractivity contribution is 5.87. The predicted octanol–water partition coefficient (Wildman–Crippen LogP) is 0.758. The lowest BCUT2D eigenvalue weighted by molar-refractivity contribution is -0.132. The Labute approximate surface area is 172 Å². The Morgan fingerprint density at radius 3 is 2.90 bits per heavy atom. The summed E-state index contributed by atoms with van der Waals surface area (Å²) in [6.45, 7) is 5.79. The van der Waals surface area contributed by atoms with Crippen LogP contribution >= 0.6 is 0 Å². The number of nitrogens with zero attached hydrogens (tertiary/aromatic N) is 6. The molecule has 0 saturated carbocycles. The number of likely N-dealkylation sites (tertiary alicyclic amines) is 1. The molecule has 0 aromatic carbocycles. The third kappa shape index (κ3) is 4.08. The molecule has 0 atom stereocenters. The molecule has 30 heavy (non-hydrogen) atoms. The minimum atomic E-state index is -0.124. The summed E-state index contributed by atoms with van der Waals surface area (Å²) in [5.41, 5.74) is 1.12. The van der Waals surface area contributed by atoms with Gasteiger partial charge in [-0.2, -0.15) is 10.1 Å². The molecular weight excluding hydrogens is 386 g/mol. The largest absolute Gasteiger partial charge is 0.394 e. The number of amides is 1. The summed E-state index contributed by atoms with van der Waals surface area (Å²) in [6.07, 6.45) is 7.14. The fourth-order valence-electron chi connectivity index (χ4n) is 3.50. The summed E-state index contributed by atoms with van der Waals surface area (Å²) in [6, 6.07) is 3.23. The number of nitrogens with one attached hydrogen (secondary N) is 1. The molecular formula is C20H23N7O3. The van der Waals surface area contributed by atoms with Crippen molar-refractivity contribution in [2.45, 2.75) is 19.5 Å². The van der Waals surface area contributed by atoms with Crippen LogP contribution in [0.5, 0.6) is 0 Å². The van der Waals surface area contributed by atoms with Crippen LogP contribution < -0.4 is 10.9 Å². The maximum atomic E-state index is 12.5. The van der Waals surface area contributed by atoms with Gasteiger partial charge in [0.05, 0.1) is 25.0 Å². The number of aryl methyl sites for hydroxylation is 1. The van der Waals surface area contributed by atoms with Gasteiger partial charge in [0.25, 0.3) is 5.56 Å². The quantitative estimate of drug-likeness (QED) is 0.527. The van der Waals surface area contributed by atoms with Gasteiger partial charge in [-0.15, -0.1) is 0 Å². The molecule has 2 N–H and O–H groups in total. The Bertz CT molecular complexity index is 1130. The molecule has 0 aliphatic carbocycles. The van der Waals surface area contributed by atoms with Gasteiger partial charge in [0.15, 0.2) is 0 Å². The number of pyridine rings is 1. The van der Waals surface area contributed by atoms with Crippen molar-refractivity contribution in [1.29, 1.82) is 0 Å². The predicted molar refractivity (Wildman–Crippen MR) is 111 cm³/mol. The van der Waals surface area contributed by atoms with E-state index in [0.717, 1.165) is 11.8 Å². The number of carbonyl (C=O) groups is 1. The molecule has 1 aliphatic rings. The molecule has 10 nitrogen and oxygen atoms in total. The topological polar surface area (TPSA) is 118 Å². The van der Waals surface area contributed by atoms with E-state index in [1.165, 1.54) is 12.1 Å². The minimum Gasteiger partial charge on any atom is -0.394 e. The lowest BCUT2D eigenvalue weighted by Gasteiger charge is -2.38. The molecule has 0 spiro atoms. The van der Waals surface area contributed by atoms with Crippen LogP contribution in [0.15, 0.2) is 48.2 Å². The maximum Gasteiger partial charge on any atom is 0.252 e. The zero-order valence-electron chi connectivity index (χ0n) is 16.4. The second kappa shape index (κ2) is 8.46. The van der Waals surface area contributed by atoms with Crippen LogP contribution in [0.25, 0.3) is 11.0 Å². The number of rotatable bonds is 8. The van der Waals surface area contributed by atoms with Gasteiger partial charge >= 0.3 is 0 Å². The van der Waals surface area contributed by atoms with Crippen LogP contribution in [0.1, 0.15) is 6.42 Å². The molecule has 0 radical (unpaired) electrons. The number of anilines is 2. The average Bonchev–Trinajstić information content (AvgIpc) is 3.15. The lowest BCUT2D eigenvalue weighted by Crippen LogP contribution is -2.49. The minimum absolute atomic E-state index is 0.000372. The van der Waals surface area contributed by atoms with Gasteiger partial charge in [0, 0.05) is 43.5 Å². The fraction of sp³-hybridized carbons (Fsp3) is 0.350. The van der Waals surface area contributed by atoms with Gasteiger partial charge in [0.2, 0.25) is 11.9 Å². The first kappa shape index (κ1) is 19.8. The molecule has 3 aromatic rings. The summed E-state index contributed by atoms with van der Waals surface area (Å²) < 4.78 is 3.26. The molecule has 0 bridgehead atoms. The van der Waals surface area contributed by atoms with E-state index >= 15 is 0 Å². The number of aliphatic hydroxyl groups is 1. The van der Waals surface area contributed by atoms with Gasteiger partial charge in [-0.1, -0.05) is 6.58 Å². The van der Waals surface area contributed by atoms with Crippen LogP contribution in [0, 0.1) is 5.92 Å². The molecule has 4 heterocycles. The Morgan fingerprint density at radius 1 is 1.30 bits per heavy atom. The number of aromatic nitrogens is 5. The van der Waals surface area contributed by atoms with Gasteiger partial charge in [-0.25, -0.2) is 4.98 Å². The normalized spacial score (nSPS) is 14.0. The van der Waals surface area contributed by atoms with Crippen LogP contribution in [0.4, 0.5) is 11.6 Å². The summed E-state index contributed by atoms with van der Waals surface area (Å²) >= 11 is 0. The zero-order valence-corrected chi connectivity index (χ0v) is 16.4. The monoisotopic (exact) mass is 409 g/mol. The summed E-state index contributed by atoms with van der Waals surface area (Å²) in [7, 11) is 0. The van der Waals surface area contributed by atoms with Crippen LogP contribution in [-0.2, 0) is 17.9 Å². The molecule has 1 aliphatic heterocycles. The Kier molecular flexibility index (Phi) is 5.57. The van der Waals surface area contributed by atoms with Crippen molar-refractivity contribution in [2.75, 3.05) is 25.0 Å². The highest BCUT2D eigenvalue weighted by Gasteiger charge is 2.28. The summed E-state index contributed by atoms with van der Waals surface area (Å²) in [5, 5.41) is 17.0. The Hall–Kier alpha value is -3.53. The second-order valence-corrected chi connectivity index (χ2v) is 7.24.